The van der Waals surface area contributed by atoms with Crippen LogP contribution in [-0.2, 0) is 4.74 Å². The minimum Gasteiger partial charge on any atom is -0.396 e. The van der Waals surface area contributed by atoms with Crippen molar-refractivity contribution in [1.82, 2.24) is 20.2 Å². The molecule has 2 fully saturated rings. The molecule has 1 amide bonds. The Morgan fingerprint density at radius 2 is 2.38 bits per heavy atom. The van der Waals surface area contributed by atoms with Crippen LogP contribution in [0, 0.1) is 0 Å². The van der Waals surface area contributed by atoms with Gasteiger partial charge in [0.1, 0.15) is 5.69 Å². The number of carbonyl (C=O) groups is 1. The van der Waals surface area contributed by atoms with Crippen LogP contribution in [0.4, 0.5) is 0 Å². The molecule has 2 saturated heterocycles. The molecule has 0 unspecified atom stereocenters. The van der Waals surface area contributed by atoms with Crippen molar-refractivity contribution in [3.05, 3.63) is 24.3 Å². The predicted octanol–water partition coefficient (Wildman–Crippen LogP) is -0.569. The number of amides is 1. The van der Waals surface area contributed by atoms with Crippen molar-refractivity contribution in [2.45, 2.75) is 31.0 Å². The Kier molecular flexibility index (Phi) is 4.42. The summed E-state index contributed by atoms with van der Waals surface area (Å²) >= 11 is 0. The van der Waals surface area contributed by atoms with E-state index in [0.717, 1.165) is 19.5 Å². The van der Waals surface area contributed by atoms with Crippen LogP contribution in [0.25, 0.3) is 0 Å². The second-order valence-corrected chi connectivity index (χ2v) is 5.57. The fraction of sp³-hybridized carbons (Fsp3) is 0.643. The zero-order valence-electron chi connectivity index (χ0n) is 11.8. The van der Waals surface area contributed by atoms with E-state index in [1.54, 1.807) is 6.20 Å². The van der Waals surface area contributed by atoms with E-state index in [1.165, 1.54) is 12.4 Å². The number of nitrogens with zero attached hydrogens (tertiary/aromatic N) is 3. The topological polar surface area (TPSA) is 87.6 Å². The number of rotatable bonds is 4. The summed E-state index contributed by atoms with van der Waals surface area (Å²) in [6.45, 7) is 2.46. The van der Waals surface area contributed by atoms with Crippen molar-refractivity contribution >= 4 is 5.91 Å². The highest BCUT2D eigenvalue weighted by Gasteiger charge is 2.37. The number of hydrogen-bond acceptors (Lipinski definition) is 6. The van der Waals surface area contributed by atoms with Gasteiger partial charge in [0.25, 0.3) is 5.91 Å². The van der Waals surface area contributed by atoms with E-state index < -0.39 is 0 Å². The third-order valence-electron chi connectivity index (χ3n) is 4.07. The SMILES string of the molecule is O=C(N[C@@H]1C[C@H]2CO[C@@H](CCO)CN2C1)c1cnccn1. The molecule has 0 saturated carbocycles. The van der Waals surface area contributed by atoms with Gasteiger partial charge in [0.05, 0.1) is 18.9 Å². The highest BCUT2D eigenvalue weighted by atomic mass is 16.5. The smallest absolute Gasteiger partial charge is 0.271 e. The number of hydrogen-bond donors (Lipinski definition) is 2. The molecule has 0 radical (unpaired) electrons. The van der Waals surface area contributed by atoms with E-state index in [1.807, 2.05) is 0 Å². The monoisotopic (exact) mass is 292 g/mol. The summed E-state index contributed by atoms with van der Waals surface area (Å²) in [5.41, 5.74) is 0.344. The fourth-order valence-electron chi connectivity index (χ4n) is 3.04. The number of ether oxygens (including phenoxy) is 1. The second-order valence-electron chi connectivity index (χ2n) is 5.57. The van der Waals surface area contributed by atoms with Gasteiger partial charge in [-0.15, -0.1) is 0 Å². The van der Waals surface area contributed by atoms with Crippen LogP contribution in [0.5, 0.6) is 0 Å². The summed E-state index contributed by atoms with van der Waals surface area (Å²) in [6.07, 6.45) is 6.18. The molecule has 114 valence electrons. The van der Waals surface area contributed by atoms with Crippen molar-refractivity contribution in [3.8, 4) is 0 Å². The molecule has 0 bridgehead atoms. The van der Waals surface area contributed by atoms with Crippen molar-refractivity contribution in [1.29, 1.82) is 0 Å². The molecule has 3 atom stereocenters. The summed E-state index contributed by atoms with van der Waals surface area (Å²) in [5, 5.41) is 12.0. The number of aliphatic hydroxyl groups excluding tert-OH is 1. The lowest BCUT2D eigenvalue weighted by Gasteiger charge is -2.34. The zero-order chi connectivity index (χ0) is 14.7. The maximum atomic E-state index is 12.1. The Morgan fingerprint density at radius 1 is 1.48 bits per heavy atom. The maximum absolute atomic E-state index is 12.1. The van der Waals surface area contributed by atoms with Crippen LogP contribution in [0.3, 0.4) is 0 Å². The molecule has 7 heteroatoms. The van der Waals surface area contributed by atoms with E-state index >= 15 is 0 Å². The van der Waals surface area contributed by atoms with Crippen molar-refractivity contribution in [3.63, 3.8) is 0 Å². The lowest BCUT2D eigenvalue weighted by atomic mass is 10.1. The summed E-state index contributed by atoms with van der Waals surface area (Å²) in [7, 11) is 0. The number of nitrogens with one attached hydrogen (secondary N) is 1. The maximum Gasteiger partial charge on any atom is 0.271 e. The minimum absolute atomic E-state index is 0.0979. The first kappa shape index (κ1) is 14.4. The molecule has 0 aromatic carbocycles. The molecular formula is C14H20N4O3. The van der Waals surface area contributed by atoms with Gasteiger partial charge in [0.15, 0.2) is 0 Å². The number of aromatic nitrogens is 2. The number of carbonyl (C=O) groups excluding carboxylic acids is 1. The van der Waals surface area contributed by atoms with Gasteiger partial charge in [-0.25, -0.2) is 4.98 Å². The Hall–Kier alpha value is -1.57. The van der Waals surface area contributed by atoms with Crippen molar-refractivity contribution < 1.29 is 14.6 Å². The number of aliphatic hydroxyl groups is 1. The first-order chi connectivity index (χ1) is 10.3. The molecule has 7 nitrogen and oxygen atoms in total. The normalized spacial score (nSPS) is 29.1. The average molecular weight is 292 g/mol. The van der Waals surface area contributed by atoms with Gasteiger partial charge in [-0.05, 0) is 12.8 Å². The van der Waals surface area contributed by atoms with E-state index in [2.05, 4.69) is 20.2 Å². The summed E-state index contributed by atoms with van der Waals surface area (Å²) in [4.78, 5) is 22.3. The van der Waals surface area contributed by atoms with E-state index in [-0.39, 0.29) is 24.7 Å². The molecule has 1 aromatic rings. The first-order valence-corrected chi connectivity index (χ1v) is 7.29. The largest absolute Gasteiger partial charge is 0.396 e. The van der Waals surface area contributed by atoms with Gasteiger partial charge < -0.3 is 15.2 Å². The minimum atomic E-state index is -0.180. The van der Waals surface area contributed by atoms with Gasteiger partial charge >= 0.3 is 0 Å². The highest BCUT2D eigenvalue weighted by molar-refractivity contribution is 5.92. The molecule has 1 aromatic heterocycles. The van der Waals surface area contributed by atoms with Crippen LogP contribution in [-0.4, -0.2) is 70.4 Å². The van der Waals surface area contributed by atoms with E-state index in [9.17, 15) is 4.79 Å². The van der Waals surface area contributed by atoms with E-state index in [0.29, 0.717) is 24.8 Å². The first-order valence-electron chi connectivity index (χ1n) is 7.29. The van der Waals surface area contributed by atoms with Crippen molar-refractivity contribution in [2.24, 2.45) is 0 Å². The van der Waals surface area contributed by atoms with Crippen LogP contribution in [0.1, 0.15) is 23.3 Å². The van der Waals surface area contributed by atoms with Crippen LogP contribution < -0.4 is 5.32 Å². The predicted molar refractivity (Wildman–Crippen MR) is 74.7 cm³/mol. The zero-order valence-corrected chi connectivity index (χ0v) is 11.8. The molecule has 2 aliphatic heterocycles. The Morgan fingerprint density at radius 3 is 3.14 bits per heavy atom. The molecular weight excluding hydrogens is 272 g/mol. The third-order valence-corrected chi connectivity index (χ3v) is 4.07. The summed E-state index contributed by atoms with van der Waals surface area (Å²) < 4.78 is 5.73. The van der Waals surface area contributed by atoms with Crippen LogP contribution >= 0.6 is 0 Å². The highest BCUT2D eigenvalue weighted by Crippen LogP contribution is 2.24. The molecule has 0 spiro atoms. The molecule has 2 aliphatic rings. The van der Waals surface area contributed by atoms with E-state index in [4.69, 9.17) is 9.84 Å². The van der Waals surface area contributed by atoms with Gasteiger partial charge in [-0.3, -0.25) is 14.7 Å². The van der Waals surface area contributed by atoms with Crippen LogP contribution in [0.2, 0.25) is 0 Å². The second kappa shape index (κ2) is 6.46. The number of fused-ring (bicyclic) bond motifs is 1. The van der Waals surface area contributed by atoms with Crippen molar-refractivity contribution in [2.75, 3.05) is 26.3 Å². The average Bonchev–Trinajstić information content (AvgIpc) is 2.90. The summed E-state index contributed by atoms with van der Waals surface area (Å²) in [6, 6.07) is 0.466. The Bertz CT molecular complexity index is 484. The standard InChI is InChI=1S/C14H20N4O3/c19-4-1-12-8-18-7-10(5-11(18)9-21-12)17-14(20)13-6-15-2-3-16-13/h2-3,6,10-12,19H,1,4-5,7-9H2,(H,17,20)/t10-,11+,12+/m1/s1. The third kappa shape index (κ3) is 3.37. The van der Waals surface area contributed by atoms with Gasteiger partial charge in [0, 0.05) is 44.2 Å². The van der Waals surface area contributed by atoms with Gasteiger partial charge in [0.2, 0.25) is 0 Å². The lowest BCUT2D eigenvalue weighted by Crippen LogP contribution is -2.46. The summed E-state index contributed by atoms with van der Waals surface area (Å²) in [5.74, 6) is -0.180. The Labute approximate surface area is 123 Å². The fourth-order valence-corrected chi connectivity index (χ4v) is 3.04. The quantitative estimate of drug-likeness (QED) is 0.773. The molecule has 0 aliphatic carbocycles. The van der Waals surface area contributed by atoms with Gasteiger partial charge in [-0.2, -0.15) is 0 Å². The Balaban J connectivity index is 1.54. The molecule has 3 rings (SSSR count). The van der Waals surface area contributed by atoms with Gasteiger partial charge in [-0.1, -0.05) is 0 Å². The van der Waals surface area contributed by atoms with Crippen LogP contribution in [0.15, 0.2) is 18.6 Å². The number of morpholine rings is 1. The molecule has 3 heterocycles. The molecule has 21 heavy (non-hydrogen) atoms. The lowest BCUT2D eigenvalue weighted by molar-refractivity contribution is -0.0566. The molecule has 2 N–H and O–H groups in total.